The van der Waals surface area contributed by atoms with E-state index >= 15 is 0 Å². The topological polar surface area (TPSA) is 95.9 Å². The second-order valence-electron chi connectivity index (χ2n) is 11.2. The molecule has 8 heteroatoms. The predicted octanol–water partition coefficient (Wildman–Crippen LogP) is 4.76. The Balaban J connectivity index is 1.31. The minimum absolute atomic E-state index is 0.105. The Hall–Kier alpha value is -3.16. The van der Waals surface area contributed by atoms with Crippen molar-refractivity contribution in [3.05, 3.63) is 47.3 Å². The predicted molar refractivity (Wildman–Crippen MR) is 146 cm³/mol. The van der Waals surface area contributed by atoms with Gasteiger partial charge in [0.15, 0.2) is 0 Å². The van der Waals surface area contributed by atoms with Crippen LogP contribution < -0.4 is 9.64 Å². The number of aryl methyl sites for hydroxylation is 1. The number of ether oxygens (including phenoxy) is 1. The summed E-state index contributed by atoms with van der Waals surface area (Å²) in [6.45, 7) is 2.23. The third-order valence-corrected chi connectivity index (χ3v) is 8.77. The van der Waals surface area contributed by atoms with Crippen LogP contribution in [-0.4, -0.2) is 64.6 Å². The van der Waals surface area contributed by atoms with Gasteiger partial charge in [-0.3, -0.25) is 4.79 Å². The Bertz CT molecular complexity index is 1130. The number of carboxylic acids is 1. The Morgan fingerprint density at radius 2 is 1.84 bits per heavy atom. The van der Waals surface area contributed by atoms with Crippen molar-refractivity contribution in [2.24, 2.45) is 11.8 Å². The summed E-state index contributed by atoms with van der Waals surface area (Å²) >= 11 is 0. The fourth-order valence-electron chi connectivity index (χ4n) is 6.68. The van der Waals surface area contributed by atoms with Gasteiger partial charge in [-0.15, -0.1) is 0 Å². The van der Waals surface area contributed by atoms with Crippen LogP contribution in [0.25, 0.3) is 0 Å². The summed E-state index contributed by atoms with van der Waals surface area (Å²) in [5, 5.41) is 9.77. The van der Waals surface area contributed by atoms with Gasteiger partial charge in [0.1, 0.15) is 5.75 Å². The molecule has 3 fully saturated rings. The number of benzene rings is 1. The molecular weight excluding hydrogens is 480 g/mol. The number of anilines is 1. The van der Waals surface area contributed by atoms with E-state index in [2.05, 4.69) is 14.8 Å². The van der Waals surface area contributed by atoms with Crippen LogP contribution in [0.2, 0.25) is 0 Å². The maximum absolute atomic E-state index is 13.5. The Kier molecular flexibility index (Phi) is 8.45. The minimum Gasteiger partial charge on any atom is -0.496 e. The Morgan fingerprint density at radius 1 is 1.05 bits per heavy atom. The molecule has 3 heterocycles. The number of hydrogen-bond donors (Lipinski definition) is 1. The number of rotatable bonds is 8. The van der Waals surface area contributed by atoms with Crippen molar-refractivity contribution in [1.29, 1.82) is 0 Å². The molecule has 0 radical (unpaired) electrons. The van der Waals surface area contributed by atoms with E-state index in [1.165, 1.54) is 38.3 Å². The van der Waals surface area contributed by atoms with Crippen molar-refractivity contribution in [1.82, 2.24) is 14.9 Å². The molecule has 1 N–H and O–H groups in total. The number of aromatic carboxylic acids is 1. The van der Waals surface area contributed by atoms with Gasteiger partial charge in [0, 0.05) is 31.4 Å². The number of para-hydroxylation sites is 1. The van der Waals surface area contributed by atoms with Gasteiger partial charge in [0.2, 0.25) is 11.9 Å². The molecule has 2 saturated heterocycles. The average molecular weight is 521 g/mol. The van der Waals surface area contributed by atoms with Crippen LogP contribution in [0, 0.1) is 11.8 Å². The second kappa shape index (κ2) is 12.1. The first-order valence-corrected chi connectivity index (χ1v) is 14.3. The van der Waals surface area contributed by atoms with Gasteiger partial charge in [-0.2, -0.15) is 0 Å². The van der Waals surface area contributed by atoms with Crippen molar-refractivity contribution in [2.45, 2.75) is 76.7 Å². The largest absolute Gasteiger partial charge is 0.496 e. The van der Waals surface area contributed by atoms with Gasteiger partial charge in [0.05, 0.1) is 30.8 Å². The summed E-state index contributed by atoms with van der Waals surface area (Å²) in [7, 11) is 1.64. The van der Waals surface area contributed by atoms with Crippen molar-refractivity contribution >= 4 is 17.8 Å². The lowest BCUT2D eigenvalue weighted by Crippen LogP contribution is -2.45. The summed E-state index contributed by atoms with van der Waals surface area (Å²) in [5.74, 6) is 1.52. The number of amides is 1. The zero-order chi connectivity index (χ0) is 26.5. The highest BCUT2D eigenvalue weighted by Crippen LogP contribution is 2.33. The van der Waals surface area contributed by atoms with Gasteiger partial charge in [-0.1, -0.05) is 56.7 Å². The standard InChI is InChI=1S/C30H40N4O4/c1-38-27-13-6-5-11-22(27)17-28(35)34-16-8-7-12-23-19-33(20-26(23)34)30-31-18-24(29(36)37)25(32-30)15-14-21-9-3-2-4-10-21/h5-6,11,13,18,21,23,26H,2-4,7-10,12,14-17,19-20H2,1H3,(H,36,37)/t23-,26+/m1/s1. The van der Waals surface area contributed by atoms with E-state index < -0.39 is 5.97 Å². The van der Waals surface area contributed by atoms with Gasteiger partial charge in [0.25, 0.3) is 0 Å². The molecule has 0 unspecified atom stereocenters. The monoisotopic (exact) mass is 520 g/mol. The average Bonchev–Trinajstić information content (AvgIpc) is 3.26. The second-order valence-corrected chi connectivity index (χ2v) is 11.2. The fourth-order valence-corrected chi connectivity index (χ4v) is 6.68. The zero-order valence-corrected chi connectivity index (χ0v) is 22.5. The lowest BCUT2D eigenvalue weighted by atomic mass is 9.85. The molecular formula is C30H40N4O4. The number of carboxylic acid groups (broad SMARTS) is 1. The van der Waals surface area contributed by atoms with E-state index in [1.54, 1.807) is 7.11 Å². The van der Waals surface area contributed by atoms with Gasteiger partial charge in [-0.25, -0.2) is 14.8 Å². The number of aromatic nitrogens is 2. The highest BCUT2D eigenvalue weighted by molar-refractivity contribution is 5.88. The molecule has 1 saturated carbocycles. The zero-order valence-electron chi connectivity index (χ0n) is 22.5. The molecule has 38 heavy (non-hydrogen) atoms. The van der Waals surface area contributed by atoms with E-state index in [9.17, 15) is 14.7 Å². The first kappa shape index (κ1) is 26.4. The molecule has 0 spiro atoms. The molecule has 0 bridgehead atoms. The number of carbonyl (C=O) groups is 2. The highest BCUT2D eigenvalue weighted by Gasteiger charge is 2.40. The van der Waals surface area contributed by atoms with Gasteiger partial charge in [-0.05, 0) is 43.6 Å². The Labute approximate surface area is 225 Å². The molecule has 1 aromatic heterocycles. The third kappa shape index (κ3) is 5.94. The number of methoxy groups -OCH3 is 1. The number of likely N-dealkylation sites (tertiary alicyclic amines) is 1. The number of hydrogen-bond acceptors (Lipinski definition) is 6. The van der Waals surface area contributed by atoms with E-state index in [1.807, 2.05) is 24.3 Å². The number of nitrogens with zero attached hydrogens (tertiary/aromatic N) is 4. The van der Waals surface area contributed by atoms with E-state index in [4.69, 9.17) is 9.72 Å². The summed E-state index contributed by atoms with van der Waals surface area (Å²) < 4.78 is 5.48. The lowest BCUT2D eigenvalue weighted by Gasteiger charge is -2.30. The fraction of sp³-hybridized carbons (Fsp3) is 0.600. The summed E-state index contributed by atoms with van der Waals surface area (Å²) in [4.78, 5) is 39.0. The van der Waals surface area contributed by atoms with Crippen LogP contribution in [-0.2, 0) is 17.6 Å². The number of fused-ring (bicyclic) bond motifs is 1. The first-order valence-electron chi connectivity index (χ1n) is 14.3. The maximum atomic E-state index is 13.5. The third-order valence-electron chi connectivity index (χ3n) is 8.77. The van der Waals surface area contributed by atoms with Crippen LogP contribution in [0.4, 0.5) is 5.95 Å². The van der Waals surface area contributed by atoms with Crippen LogP contribution in [0.15, 0.2) is 30.5 Å². The van der Waals surface area contributed by atoms with E-state index in [0.717, 1.165) is 50.1 Å². The summed E-state index contributed by atoms with van der Waals surface area (Å²) in [5.41, 5.74) is 1.77. The van der Waals surface area contributed by atoms with Gasteiger partial charge < -0.3 is 19.6 Å². The molecule has 3 aliphatic rings. The van der Waals surface area contributed by atoms with Gasteiger partial charge >= 0.3 is 5.97 Å². The Morgan fingerprint density at radius 3 is 2.63 bits per heavy atom. The molecule has 204 valence electrons. The minimum atomic E-state index is -0.963. The van der Waals surface area contributed by atoms with Crippen molar-refractivity contribution in [2.75, 3.05) is 31.6 Å². The highest BCUT2D eigenvalue weighted by atomic mass is 16.5. The quantitative estimate of drug-likeness (QED) is 0.536. The molecule has 8 nitrogen and oxygen atoms in total. The molecule has 1 aliphatic carbocycles. The van der Waals surface area contributed by atoms with Crippen LogP contribution in [0.1, 0.15) is 79.4 Å². The van der Waals surface area contributed by atoms with Crippen molar-refractivity contribution in [3.63, 3.8) is 0 Å². The smallest absolute Gasteiger partial charge is 0.339 e. The molecule has 1 aromatic carbocycles. The SMILES string of the molecule is COc1ccccc1CC(=O)N1CCCC[C@@H]2CN(c3ncc(C(=O)O)c(CCC4CCCCC4)n3)C[C@@H]21. The molecule has 2 aromatic rings. The number of carbonyl (C=O) groups excluding carboxylic acids is 1. The van der Waals surface area contributed by atoms with Crippen LogP contribution >= 0.6 is 0 Å². The van der Waals surface area contributed by atoms with Crippen LogP contribution in [0.5, 0.6) is 5.75 Å². The van der Waals surface area contributed by atoms with E-state index in [-0.39, 0.29) is 17.5 Å². The maximum Gasteiger partial charge on any atom is 0.339 e. The summed E-state index contributed by atoms with van der Waals surface area (Å²) in [6.07, 6.45) is 13.0. The summed E-state index contributed by atoms with van der Waals surface area (Å²) in [6, 6.07) is 7.82. The molecule has 1 amide bonds. The molecule has 2 atom stereocenters. The van der Waals surface area contributed by atoms with E-state index in [0.29, 0.717) is 42.9 Å². The van der Waals surface area contributed by atoms with Crippen molar-refractivity contribution < 1.29 is 19.4 Å². The van der Waals surface area contributed by atoms with Crippen molar-refractivity contribution in [3.8, 4) is 5.75 Å². The first-order chi connectivity index (χ1) is 18.5. The molecule has 2 aliphatic heterocycles. The normalized spacial score (nSPS) is 22.1. The lowest BCUT2D eigenvalue weighted by molar-refractivity contribution is -0.132. The molecule has 5 rings (SSSR count). The van der Waals surface area contributed by atoms with Crippen LogP contribution in [0.3, 0.4) is 0 Å².